The zero-order valence-electron chi connectivity index (χ0n) is 14.0. The number of carbonyl (C=O) groups excluding carboxylic acids is 1. The molecule has 22 heavy (non-hydrogen) atoms. The Balaban J connectivity index is 1.62. The van der Waals surface area contributed by atoms with Crippen LogP contribution in [0, 0.1) is 11.8 Å². The van der Waals surface area contributed by atoms with Crippen LogP contribution in [0.1, 0.15) is 45.6 Å². The molecule has 1 amide bonds. The number of fused-ring (bicyclic) bond motifs is 1. The first-order valence-corrected chi connectivity index (χ1v) is 8.70. The third-order valence-electron chi connectivity index (χ3n) is 5.72. The van der Waals surface area contributed by atoms with Crippen molar-refractivity contribution in [2.75, 3.05) is 11.4 Å². The Morgan fingerprint density at radius 3 is 2.82 bits per heavy atom. The van der Waals surface area contributed by atoms with Crippen molar-refractivity contribution in [1.29, 1.82) is 0 Å². The number of amides is 1. The quantitative estimate of drug-likeness (QED) is 0.928. The van der Waals surface area contributed by atoms with E-state index in [0.717, 1.165) is 12.8 Å². The Labute approximate surface area is 134 Å². The van der Waals surface area contributed by atoms with Crippen molar-refractivity contribution in [3.63, 3.8) is 0 Å². The molecule has 2 aliphatic rings. The van der Waals surface area contributed by atoms with E-state index in [9.17, 15) is 4.79 Å². The van der Waals surface area contributed by atoms with E-state index < -0.39 is 0 Å². The van der Waals surface area contributed by atoms with Gasteiger partial charge in [-0.25, -0.2) is 0 Å². The second-order valence-electron chi connectivity index (χ2n) is 7.25. The molecule has 0 bridgehead atoms. The summed E-state index contributed by atoms with van der Waals surface area (Å²) >= 11 is 0. The molecule has 1 aromatic carbocycles. The molecular formula is C19H28N2O. The summed E-state index contributed by atoms with van der Waals surface area (Å²) < 4.78 is 0. The van der Waals surface area contributed by atoms with Crippen LogP contribution in [-0.4, -0.2) is 24.5 Å². The lowest BCUT2D eigenvalue weighted by Gasteiger charge is -2.35. The number of nitrogens with one attached hydrogen (secondary N) is 1. The molecule has 3 nitrogen and oxygen atoms in total. The summed E-state index contributed by atoms with van der Waals surface area (Å²) in [6, 6.07) is 9.22. The standard InChI is InChI=1S/C19H28N2O/c1-13-7-6-9-17(15(13)3)20-19(22)12-21-14(2)11-16-8-4-5-10-18(16)21/h4-5,8,10,13-15,17H,6-7,9,11-12H2,1-3H3,(H,20,22)/t13-,14-,15-,17+/m1/s1. The lowest BCUT2D eigenvalue weighted by molar-refractivity contribution is -0.121. The summed E-state index contributed by atoms with van der Waals surface area (Å²) in [4.78, 5) is 14.8. The normalized spacial score (nSPS) is 31.0. The van der Waals surface area contributed by atoms with E-state index in [1.165, 1.54) is 24.1 Å². The highest BCUT2D eigenvalue weighted by Crippen LogP contribution is 2.32. The van der Waals surface area contributed by atoms with E-state index in [0.29, 0.717) is 30.5 Å². The Bertz CT molecular complexity index is 542. The summed E-state index contributed by atoms with van der Waals surface area (Å²) in [6.45, 7) is 7.28. The van der Waals surface area contributed by atoms with Crippen molar-refractivity contribution in [3.05, 3.63) is 29.8 Å². The molecule has 1 N–H and O–H groups in total. The van der Waals surface area contributed by atoms with Crippen molar-refractivity contribution >= 4 is 11.6 Å². The van der Waals surface area contributed by atoms with E-state index >= 15 is 0 Å². The van der Waals surface area contributed by atoms with Gasteiger partial charge in [-0.3, -0.25) is 4.79 Å². The number of benzene rings is 1. The predicted octanol–water partition coefficient (Wildman–Crippen LogP) is 3.38. The molecule has 0 saturated heterocycles. The van der Waals surface area contributed by atoms with Crippen LogP contribution in [0.4, 0.5) is 5.69 Å². The van der Waals surface area contributed by atoms with Crippen molar-refractivity contribution in [2.45, 2.75) is 58.5 Å². The molecule has 0 unspecified atom stereocenters. The van der Waals surface area contributed by atoms with Gasteiger partial charge in [-0.05, 0) is 43.2 Å². The summed E-state index contributed by atoms with van der Waals surface area (Å²) in [5.74, 6) is 1.47. The average Bonchev–Trinajstić information content (AvgIpc) is 2.80. The first kappa shape index (κ1) is 15.4. The molecule has 0 aromatic heterocycles. The fraction of sp³-hybridized carbons (Fsp3) is 0.632. The van der Waals surface area contributed by atoms with Crippen LogP contribution < -0.4 is 10.2 Å². The van der Waals surface area contributed by atoms with Gasteiger partial charge >= 0.3 is 0 Å². The van der Waals surface area contributed by atoms with E-state index in [4.69, 9.17) is 0 Å². The molecule has 4 atom stereocenters. The topological polar surface area (TPSA) is 32.3 Å². The summed E-state index contributed by atoms with van der Waals surface area (Å²) in [6.07, 6.45) is 4.70. The fourth-order valence-electron chi connectivity index (χ4n) is 4.06. The Hall–Kier alpha value is -1.51. The average molecular weight is 300 g/mol. The van der Waals surface area contributed by atoms with Gasteiger partial charge < -0.3 is 10.2 Å². The number of para-hydroxylation sites is 1. The molecule has 1 aliphatic heterocycles. The second kappa shape index (κ2) is 6.31. The number of carbonyl (C=O) groups is 1. The number of anilines is 1. The van der Waals surface area contributed by atoms with Crippen molar-refractivity contribution in [2.24, 2.45) is 11.8 Å². The second-order valence-corrected chi connectivity index (χ2v) is 7.25. The third kappa shape index (κ3) is 2.99. The van der Waals surface area contributed by atoms with Gasteiger partial charge in [0.05, 0.1) is 6.54 Å². The van der Waals surface area contributed by atoms with Crippen LogP contribution in [0.5, 0.6) is 0 Å². The zero-order chi connectivity index (χ0) is 15.7. The number of hydrogen-bond donors (Lipinski definition) is 1. The molecule has 1 heterocycles. The minimum atomic E-state index is 0.175. The van der Waals surface area contributed by atoms with Gasteiger partial charge in [0.25, 0.3) is 0 Å². The van der Waals surface area contributed by atoms with E-state index in [1.54, 1.807) is 0 Å². The van der Waals surface area contributed by atoms with Gasteiger partial charge in [-0.2, -0.15) is 0 Å². The first-order valence-electron chi connectivity index (χ1n) is 8.70. The molecule has 0 spiro atoms. The number of hydrogen-bond acceptors (Lipinski definition) is 2. The highest BCUT2D eigenvalue weighted by Gasteiger charge is 2.30. The molecule has 1 saturated carbocycles. The molecule has 3 heteroatoms. The van der Waals surface area contributed by atoms with Crippen LogP contribution in [0.2, 0.25) is 0 Å². The molecular weight excluding hydrogens is 272 g/mol. The predicted molar refractivity (Wildman–Crippen MR) is 91.1 cm³/mol. The molecule has 120 valence electrons. The molecule has 3 rings (SSSR count). The SMILES string of the molecule is C[C@@H]1[C@H](C)CCC[C@@H]1NC(=O)CN1c2ccccc2C[C@H]1C. The maximum Gasteiger partial charge on any atom is 0.239 e. The van der Waals surface area contributed by atoms with Gasteiger partial charge in [0.15, 0.2) is 0 Å². The van der Waals surface area contributed by atoms with Gasteiger partial charge in [-0.1, -0.05) is 44.9 Å². The van der Waals surface area contributed by atoms with Gasteiger partial charge in [0.1, 0.15) is 0 Å². The van der Waals surface area contributed by atoms with Crippen LogP contribution in [0.15, 0.2) is 24.3 Å². The van der Waals surface area contributed by atoms with Crippen molar-refractivity contribution < 1.29 is 4.79 Å². The lowest BCUT2D eigenvalue weighted by Crippen LogP contribution is -2.48. The summed E-state index contributed by atoms with van der Waals surface area (Å²) in [5, 5.41) is 3.30. The first-order chi connectivity index (χ1) is 10.6. The van der Waals surface area contributed by atoms with Crippen LogP contribution in [-0.2, 0) is 11.2 Å². The van der Waals surface area contributed by atoms with Gasteiger partial charge in [0.2, 0.25) is 5.91 Å². The van der Waals surface area contributed by atoms with Gasteiger partial charge in [0, 0.05) is 17.8 Å². The largest absolute Gasteiger partial charge is 0.359 e. The Morgan fingerprint density at radius 2 is 2.00 bits per heavy atom. The van der Waals surface area contributed by atoms with Gasteiger partial charge in [-0.15, -0.1) is 0 Å². The number of rotatable bonds is 3. The van der Waals surface area contributed by atoms with E-state index in [1.807, 2.05) is 0 Å². The van der Waals surface area contributed by atoms with Crippen LogP contribution in [0.3, 0.4) is 0 Å². The maximum absolute atomic E-state index is 12.5. The summed E-state index contributed by atoms with van der Waals surface area (Å²) in [5.41, 5.74) is 2.60. The summed E-state index contributed by atoms with van der Waals surface area (Å²) in [7, 11) is 0. The fourth-order valence-corrected chi connectivity index (χ4v) is 4.06. The van der Waals surface area contributed by atoms with Crippen LogP contribution >= 0.6 is 0 Å². The molecule has 1 fully saturated rings. The minimum Gasteiger partial charge on any atom is -0.359 e. The monoisotopic (exact) mass is 300 g/mol. The lowest BCUT2D eigenvalue weighted by atomic mass is 9.78. The van der Waals surface area contributed by atoms with E-state index in [2.05, 4.69) is 55.3 Å². The highest BCUT2D eigenvalue weighted by atomic mass is 16.2. The minimum absolute atomic E-state index is 0.175. The van der Waals surface area contributed by atoms with Crippen molar-refractivity contribution in [3.8, 4) is 0 Å². The van der Waals surface area contributed by atoms with Crippen molar-refractivity contribution in [1.82, 2.24) is 5.32 Å². The Morgan fingerprint density at radius 1 is 1.23 bits per heavy atom. The smallest absolute Gasteiger partial charge is 0.239 e. The zero-order valence-corrected chi connectivity index (χ0v) is 14.0. The Kier molecular flexibility index (Phi) is 4.42. The maximum atomic E-state index is 12.5. The highest BCUT2D eigenvalue weighted by molar-refractivity contribution is 5.82. The molecule has 0 radical (unpaired) electrons. The third-order valence-corrected chi connectivity index (χ3v) is 5.72. The van der Waals surface area contributed by atoms with Crippen LogP contribution in [0.25, 0.3) is 0 Å². The molecule has 1 aliphatic carbocycles. The van der Waals surface area contributed by atoms with E-state index in [-0.39, 0.29) is 5.91 Å². The molecule has 1 aromatic rings. The number of nitrogens with zero attached hydrogens (tertiary/aromatic N) is 1.